The number of aromatic amines is 1. The van der Waals surface area contributed by atoms with Crippen LogP contribution in [0.1, 0.15) is 27.3 Å². The minimum absolute atomic E-state index is 0.0749. The summed E-state index contributed by atoms with van der Waals surface area (Å²) in [5, 5.41) is 4.37. The van der Waals surface area contributed by atoms with Crippen LogP contribution in [0.5, 0.6) is 0 Å². The molecule has 0 fully saturated rings. The Bertz CT molecular complexity index is 1310. The van der Waals surface area contributed by atoms with Crippen LogP contribution in [0.4, 0.5) is 5.82 Å². The van der Waals surface area contributed by atoms with Crippen LogP contribution < -0.4 is 5.73 Å². The lowest BCUT2D eigenvalue weighted by Gasteiger charge is -2.06. The molecule has 7 heteroatoms. The predicted molar refractivity (Wildman–Crippen MR) is 117 cm³/mol. The van der Waals surface area contributed by atoms with Crippen molar-refractivity contribution in [2.75, 3.05) is 12.0 Å². The van der Waals surface area contributed by atoms with Gasteiger partial charge in [-0.05, 0) is 60.7 Å². The van der Waals surface area contributed by atoms with Gasteiger partial charge in [0.05, 0.1) is 28.5 Å². The van der Waals surface area contributed by atoms with Gasteiger partial charge in [0.25, 0.3) is 0 Å². The third-order valence-electron chi connectivity index (χ3n) is 5.23. The molecule has 144 valence electrons. The summed E-state index contributed by atoms with van der Waals surface area (Å²) in [6.45, 7) is 1.91. The first kappa shape index (κ1) is 17.8. The van der Waals surface area contributed by atoms with E-state index in [-0.39, 0.29) is 5.78 Å². The zero-order valence-electron chi connectivity index (χ0n) is 16.1. The summed E-state index contributed by atoms with van der Waals surface area (Å²) in [5.41, 5.74) is 12.3. The van der Waals surface area contributed by atoms with Crippen LogP contribution in [0.2, 0.25) is 0 Å². The molecular formula is C22H19N5OS. The van der Waals surface area contributed by atoms with Crippen molar-refractivity contribution in [3.8, 4) is 5.69 Å². The number of carbonyl (C=O) groups excluding carboxylic acids is 1. The molecular weight excluding hydrogens is 382 g/mol. The number of carbonyl (C=O) groups is 1. The number of aromatic nitrogens is 4. The largest absolute Gasteiger partial charge is 0.383 e. The van der Waals surface area contributed by atoms with E-state index in [2.05, 4.69) is 33.3 Å². The van der Waals surface area contributed by atoms with Gasteiger partial charge in [-0.2, -0.15) is 5.10 Å². The van der Waals surface area contributed by atoms with Gasteiger partial charge >= 0.3 is 0 Å². The highest BCUT2D eigenvalue weighted by molar-refractivity contribution is 7.98. The summed E-state index contributed by atoms with van der Waals surface area (Å²) in [4.78, 5) is 21.9. The van der Waals surface area contributed by atoms with E-state index in [0.29, 0.717) is 17.8 Å². The second-order valence-electron chi connectivity index (χ2n) is 7.12. The van der Waals surface area contributed by atoms with Crippen molar-refractivity contribution < 1.29 is 4.79 Å². The van der Waals surface area contributed by atoms with Crippen LogP contribution in [-0.4, -0.2) is 31.8 Å². The number of rotatable bonds is 4. The van der Waals surface area contributed by atoms with Crippen LogP contribution in [-0.2, 0) is 6.42 Å². The fourth-order valence-corrected chi connectivity index (χ4v) is 4.23. The quantitative estimate of drug-likeness (QED) is 0.395. The molecule has 0 saturated heterocycles. The average molecular weight is 401 g/mol. The summed E-state index contributed by atoms with van der Waals surface area (Å²) in [5.74, 6) is 1.11. The standard InChI is InChI=1S/C22H19N5OS/c1-12-25-19-6-4-16(10-20(19)26-12)27-22(23)18(11-24-27)21(28)15-7-13-3-5-17(29-2)9-14(13)8-15/h3-7,9-11H,8,23H2,1-2H3,(H,25,26). The fourth-order valence-electron chi connectivity index (χ4n) is 3.76. The third kappa shape index (κ3) is 2.94. The van der Waals surface area contributed by atoms with E-state index in [1.54, 1.807) is 22.6 Å². The molecule has 6 nitrogen and oxygen atoms in total. The van der Waals surface area contributed by atoms with Crippen molar-refractivity contribution in [3.05, 3.63) is 70.7 Å². The summed E-state index contributed by atoms with van der Waals surface area (Å²) in [6, 6.07) is 12.0. The first-order valence-corrected chi connectivity index (χ1v) is 10.5. The number of Topliss-reactive ketones (excluding diaryl/α,β-unsaturated/α-hetero) is 1. The lowest BCUT2D eigenvalue weighted by Crippen LogP contribution is -2.08. The number of nitrogens with zero attached hydrogens (tertiary/aromatic N) is 3. The number of allylic oxidation sites excluding steroid dienone is 1. The number of nitrogens with one attached hydrogen (secondary N) is 1. The maximum Gasteiger partial charge on any atom is 0.194 e. The Morgan fingerprint density at radius 3 is 2.93 bits per heavy atom. The van der Waals surface area contributed by atoms with Crippen molar-refractivity contribution in [1.82, 2.24) is 19.7 Å². The van der Waals surface area contributed by atoms with E-state index < -0.39 is 0 Å². The highest BCUT2D eigenvalue weighted by Gasteiger charge is 2.24. The molecule has 0 atom stereocenters. The number of fused-ring (bicyclic) bond motifs is 2. The molecule has 0 bridgehead atoms. The Balaban J connectivity index is 1.47. The van der Waals surface area contributed by atoms with Crippen molar-refractivity contribution >= 4 is 40.5 Å². The molecule has 3 N–H and O–H groups in total. The van der Waals surface area contributed by atoms with E-state index in [1.807, 2.05) is 37.5 Å². The number of ketones is 1. The van der Waals surface area contributed by atoms with E-state index in [1.165, 1.54) is 10.5 Å². The van der Waals surface area contributed by atoms with E-state index in [9.17, 15) is 4.79 Å². The van der Waals surface area contributed by atoms with Crippen molar-refractivity contribution in [2.45, 2.75) is 18.2 Å². The van der Waals surface area contributed by atoms with Gasteiger partial charge in [-0.1, -0.05) is 6.07 Å². The van der Waals surface area contributed by atoms with E-state index in [0.717, 1.165) is 33.7 Å². The number of anilines is 1. The normalized spacial score (nSPS) is 13.0. The number of aryl methyl sites for hydroxylation is 1. The van der Waals surface area contributed by atoms with Crippen molar-refractivity contribution in [1.29, 1.82) is 0 Å². The molecule has 0 unspecified atom stereocenters. The highest BCUT2D eigenvalue weighted by atomic mass is 32.2. The number of thioether (sulfide) groups is 1. The van der Waals surface area contributed by atoms with Crippen LogP contribution in [0.15, 0.2) is 53.1 Å². The van der Waals surface area contributed by atoms with Gasteiger partial charge in [-0.25, -0.2) is 9.67 Å². The molecule has 0 aliphatic heterocycles. The summed E-state index contributed by atoms with van der Waals surface area (Å²) < 4.78 is 1.59. The third-order valence-corrected chi connectivity index (χ3v) is 5.96. The summed E-state index contributed by atoms with van der Waals surface area (Å²) in [7, 11) is 0. The predicted octanol–water partition coefficient (Wildman–Crippen LogP) is 4.18. The van der Waals surface area contributed by atoms with Gasteiger partial charge in [0.1, 0.15) is 11.6 Å². The first-order valence-electron chi connectivity index (χ1n) is 9.26. The Morgan fingerprint density at radius 1 is 1.24 bits per heavy atom. The molecule has 5 rings (SSSR count). The second-order valence-corrected chi connectivity index (χ2v) is 8.00. The van der Waals surface area contributed by atoms with E-state index in [4.69, 9.17) is 5.73 Å². The minimum Gasteiger partial charge on any atom is -0.383 e. The van der Waals surface area contributed by atoms with E-state index >= 15 is 0 Å². The maximum absolute atomic E-state index is 13.1. The van der Waals surface area contributed by atoms with Gasteiger partial charge < -0.3 is 10.7 Å². The fraction of sp³-hybridized carbons (Fsp3) is 0.136. The molecule has 2 heterocycles. The molecule has 29 heavy (non-hydrogen) atoms. The minimum atomic E-state index is -0.0749. The second kappa shape index (κ2) is 6.63. The van der Waals surface area contributed by atoms with Gasteiger partial charge in [-0.15, -0.1) is 11.8 Å². The molecule has 2 aromatic carbocycles. The Kier molecular flexibility index (Phi) is 4.06. The zero-order chi connectivity index (χ0) is 20.1. The van der Waals surface area contributed by atoms with Crippen LogP contribution >= 0.6 is 11.8 Å². The first-order chi connectivity index (χ1) is 14.0. The van der Waals surface area contributed by atoms with Crippen LogP contribution in [0, 0.1) is 6.92 Å². The van der Waals surface area contributed by atoms with Gasteiger partial charge in [0, 0.05) is 16.9 Å². The smallest absolute Gasteiger partial charge is 0.194 e. The topological polar surface area (TPSA) is 89.6 Å². The van der Waals surface area contributed by atoms with Crippen LogP contribution in [0.3, 0.4) is 0 Å². The number of imidazole rings is 1. The molecule has 0 radical (unpaired) electrons. The molecule has 0 saturated carbocycles. The Morgan fingerprint density at radius 2 is 2.10 bits per heavy atom. The Labute approximate surface area is 171 Å². The SMILES string of the molecule is CSc1ccc2c(c1)CC(C(=O)c1cnn(-c3ccc4nc(C)[nH]c4c3)c1N)=C2. The Hall–Kier alpha value is -3.32. The number of H-pyrrole nitrogens is 1. The van der Waals surface area contributed by atoms with Gasteiger partial charge in [0.2, 0.25) is 0 Å². The van der Waals surface area contributed by atoms with Gasteiger partial charge in [-0.3, -0.25) is 4.79 Å². The monoisotopic (exact) mass is 401 g/mol. The van der Waals surface area contributed by atoms with Gasteiger partial charge in [0.15, 0.2) is 5.78 Å². The van der Waals surface area contributed by atoms with Crippen molar-refractivity contribution in [3.63, 3.8) is 0 Å². The summed E-state index contributed by atoms with van der Waals surface area (Å²) in [6.07, 6.45) is 6.18. The van der Waals surface area contributed by atoms with Crippen molar-refractivity contribution in [2.24, 2.45) is 0 Å². The molecule has 1 aliphatic rings. The number of hydrogen-bond donors (Lipinski definition) is 2. The number of benzene rings is 2. The molecule has 2 aromatic heterocycles. The number of hydrogen-bond acceptors (Lipinski definition) is 5. The molecule has 1 aliphatic carbocycles. The molecule has 0 spiro atoms. The highest BCUT2D eigenvalue weighted by Crippen LogP contribution is 2.31. The average Bonchev–Trinajstić information content (AvgIpc) is 3.41. The van der Waals surface area contributed by atoms with Crippen LogP contribution in [0.25, 0.3) is 22.8 Å². The molecule has 4 aromatic rings. The lowest BCUT2D eigenvalue weighted by molar-refractivity contribution is 0.103. The number of nitrogens with two attached hydrogens (primary N) is 1. The molecule has 0 amide bonds. The maximum atomic E-state index is 13.1. The number of nitrogen functional groups attached to an aromatic ring is 1. The zero-order valence-corrected chi connectivity index (χ0v) is 16.9. The summed E-state index contributed by atoms with van der Waals surface area (Å²) >= 11 is 1.70. The lowest BCUT2D eigenvalue weighted by atomic mass is 10.0.